The quantitative estimate of drug-likeness (QED) is 0.189. The smallest absolute Gasteiger partial charge is 0.0541 e. The molecule has 0 spiro atoms. The van der Waals surface area contributed by atoms with Gasteiger partial charge >= 0.3 is 0 Å². The Balaban J connectivity index is 1.18. The lowest BCUT2D eigenvalue weighted by Gasteiger charge is -2.24. The van der Waals surface area contributed by atoms with E-state index in [1.54, 1.807) is 0 Å². The van der Waals surface area contributed by atoms with E-state index < -0.39 is 0 Å². The molecule has 1 aliphatic carbocycles. The summed E-state index contributed by atoms with van der Waals surface area (Å²) in [6.07, 6.45) is 1.04. The van der Waals surface area contributed by atoms with Crippen molar-refractivity contribution in [3.8, 4) is 39.1 Å². The van der Waals surface area contributed by atoms with Gasteiger partial charge in [0, 0.05) is 16.5 Å². The van der Waals surface area contributed by atoms with E-state index in [0.29, 0.717) is 11.8 Å². The topological polar surface area (TPSA) is 4.93 Å². The van der Waals surface area contributed by atoms with Crippen LogP contribution in [-0.2, 0) is 6.42 Å². The Bertz CT molecular complexity index is 2400. The number of nitrogens with zero attached hydrogens (tertiary/aromatic N) is 1. The van der Waals surface area contributed by atoms with Crippen molar-refractivity contribution in [2.24, 2.45) is 0 Å². The maximum Gasteiger partial charge on any atom is 0.0541 e. The van der Waals surface area contributed by atoms with Gasteiger partial charge in [-0.3, -0.25) is 0 Å². The Morgan fingerprint density at radius 2 is 1.13 bits per heavy atom. The lowest BCUT2D eigenvalue weighted by molar-refractivity contribution is 0.579. The van der Waals surface area contributed by atoms with Crippen LogP contribution in [0.5, 0.6) is 0 Å². The van der Waals surface area contributed by atoms with E-state index in [1.807, 2.05) is 0 Å². The predicted molar refractivity (Wildman–Crippen MR) is 198 cm³/mol. The highest BCUT2D eigenvalue weighted by Crippen LogP contribution is 2.46. The van der Waals surface area contributed by atoms with Crippen molar-refractivity contribution in [1.82, 2.24) is 4.57 Å². The highest BCUT2D eigenvalue weighted by molar-refractivity contribution is 6.10. The largest absolute Gasteiger partial charge is 0.309 e. The standard InChI is InChI=1S/C46H35N/c1-31-39-25-23-35(28-43(39)40-20-9-8-17-37(40)30-42(31)33-15-6-3-7-16-33)36-24-26-46-44(29-36)41-21-10-11-22-45(41)47(46)38-19-12-18-34(27-38)32-13-4-2-5-14-32/h2-29,31,42H,30H2,1H3. The van der Waals surface area contributed by atoms with Gasteiger partial charge in [-0.1, -0.05) is 140 Å². The zero-order valence-corrected chi connectivity index (χ0v) is 26.5. The molecule has 9 rings (SSSR count). The molecule has 0 bridgehead atoms. The molecule has 0 radical (unpaired) electrons. The van der Waals surface area contributed by atoms with Gasteiger partial charge in [0.1, 0.15) is 0 Å². The second kappa shape index (κ2) is 11.3. The van der Waals surface area contributed by atoms with Crippen LogP contribution in [-0.4, -0.2) is 4.57 Å². The van der Waals surface area contributed by atoms with Gasteiger partial charge in [-0.25, -0.2) is 0 Å². The minimum atomic E-state index is 0.404. The molecule has 1 heterocycles. The Morgan fingerprint density at radius 3 is 2.00 bits per heavy atom. The van der Waals surface area contributed by atoms with Crippen molar-refractivity contribution in [3.63, 3.8) is 0 Å². The van der Waals surface area contributed by atoms with Crippen molar-refractivity contribution in [2.45, 2.75) is 25.2 Å². The summed E-state index contributed by atoms with van der Waals surface area (Å²) in [6.45, 7) is 2.41. The number of benzene rings is 7. The third kappa shape index (κ3) is 4.70. The number of para-hydroxylation sites is 1. The van der Waals surface area contributed by atoms with E-state index in [9.17, 15) is 0 Å². The highest BCUT2D eigenvalue weighted by atomic mass is 15.0. The van der Waals surface area contributed by atoms with E-state index in [0.717, 1.165) is 6.42 Å². The molecular weight excluding hydrogens is 567 g/mol. The monoisotopic (exact) mass is 601 g/mol. The Labute approximate surface area is 276 Å². The summed E-state index contributed by atoms with van der Waals surface area (Å²) in [5.74, 6) is 0.841. The number of fused-ring (bicyclic) bond motifs is 6. The molecular formula is C46H35N. The average molecular weight is 602 g/mol. The van der Waals surface area contributed by atoms with Crippen molar-refractivity contribution in [3.05, 3.63) is 187 Å². The molecule has 0 aliphatic heterocycles. The van der Waals surface area contributed by atoms with Gasteiger partial charge in [-0.15, -0.1) is 0 Å². The van der Waals surface area contributed by atoms with Crippen LogP contribution >= 0.6 is 0 Å². The Morgan fingerprint density at radius 1 is 0.468 bits per heavy atom. The third-order valence-electron chi connectivity index (χ3n) is 10.3. The van der Waals surface area contributed by atoms with Gasteiger partial charge in [0.05, 0.1) is 11.0 Å². The van der Waals surface area contributed by atoms with Gasteiger partial charge in [0.2, 0.25) is 0 Å². The molecule has 0 N–H and O–H groups in total. The molecule has 0 amide bonds. The summed E-state index contributed by atoms with van der Waals surface area (Å²) in [7, 11) is 0. The third-order valence-corrected chi connectivity index (χ3v) is 10.3. The normalized spacial score (nSPS) is 15.7. The molecule has 0 saturated carbocycles. The van der Waals surface area contributed by atoms with Crippen molar-refractivity contribution in [2.75, 3.05) is 0 Å². The summed E-state index contributed by atoms with van der Waals surface area (Å²) in [5, 5.41) is 2.55. The molecule has 7 aromatic carbocycles. The minimum Gasteiger partial charge on any atom is -0.309 e. The van der Waals surface area contributed by atoms with Crippen molar-refractivity contribution in [1.29, 1.82) is 0 Å². The molecule has 0 saturated heterocycles. The molecule has 1 aromatic heterocycles. The molecule has 1 heteroatoms. The van der Waals surface area contributed by atoms with Gasteiger partial charge < -0.3 is 4.57 Å². The molecule has 0 fully saturated rings. The van der Waals surface area contributed by atoms with Crippen LogP contribution < -0.4 is 0 Å². The fraction of sp³-hybridized carbons (Fsp3) is 0.0870. The zero-order valence-electron chi connectivity index (χ0n) is 26.5. The van der Waals surface area contributed by atoms with Crippen LogP contribution in [0.4, 0.5) is 0 Å². The van der Waals surface area contributed by atoms with Gasteiger partial charge in [0.15, 0.2) is 0 Å². The summed E-state index contributed by atoms with van der Waals surface area (Å²) < 4.78 is 2.42. The van der Waals surface area contributed by atoms with E-state index in [2.05, 4.69) is 181 Å². The number of rotatable bonds is 4. The first-order valence-electron chi connectivity index (χ1n) is 16.7. The van der Waals surface area contributed by atoms with Crippen LogP contribution in [0.15, 0.2) is 170 Å². The second-order valence-corrected chi connectivity index (χ2v) is 13.0. The van der Waals surface area contributed by atoms with Crippen LogP contribution in [0.1, 0.15) is 35.4 Å². The van der Waals surface area contributed by atoms with E-state index >= 15 is 0 Å². The lowest BCUT2D eigenvalue weighted by Crippen LogP contribution is -2.10. The van der Waals surface area contributed by atoms with Crippen LogP contribution in [0.2, 0.25) is 0 Å². The lowest BCUT2D eigenvalue weighted by atomic mass is 9.80. The van der Waals surface area contributed by atoms with Gasteiger partial charge in [-0.2, -0.15) is 0 Å². The summed E-state index contributed by atoms with van der Waals surface area (Å²) in [4.78, 5) is 0. The van der Waals surface area contributed by atoms with Crippen molar-refractivity contribution >= 4 is 21.8 Å². The maximum atomic E-state index is 2.45. The summed E-state index contributed by atoms with van der Waals surface area (Å²) in [6, 6.07) is 62.7. The fourth-order valence-electron chi connectivity index (χ4n) is 7.95. The molecule has 2 atom stereocenters. The first-order chi connectivity index (χ1) is 23.2. The Kier molecular flexibility index (Phi) is 6.64. The summed E-state index contributed by atoms with van der Waals surface area (Å²) >= 11 is 0. The van der Waals surface area contributed by atoms with Crippen LogP contribution in [0, 0.1) is 0 Å². The molecule has 224 valence electrons. The molecule has 1 nitrogen and oxygen atoms in total. The summed E-state index contributed by atoms with van der Waals surface area (Å²) in [5.41, 5.74) is 15.6. The highest BCUT2D eigenvalue weighted by Gasteiger charge is 2.29. The fourth-order valence-corrected chi connectivity index (χ4v) is 7.95. The van der Waals surface area contributed by atoms with Gasteiger partial charge in [-0.05, 0) is 105 Å². The number of hydrogen-bond donors (Lipinski definition) is 0. The number of hydrogen-bond acceptors (Lipinski definition) is 0. The van der Waals surface area contributed by atoms with Crippen LogP contribution in [0.3, 0.4) is 0 Å². The minimum absolute atomic E-state index is 0.404. The van der Waals surface area contributed by atoms with Crippen LogP contribution in [0.25, 0.3) is 60.9 Å². The Hall–Kier alpha value is -5.66. The maximum absolute atomic E-state index is 2.45. The molecule has 2 unspecified atom stereocenters. The first kappa shape index (κ1) is 27.6. The molecule has 8 aromatic rings. The zero-order chi connectivity index (χ0) is 31.3. The van der Waals surface area contributed by atoms with E-state index in [4.69, 9.17) is 0 Å². The van der Waals surface area contributed by atoms with Crippen molar-refractivity contribution < 1.29 is 0 Å². The first-order valence-corrected chi connectivity index (χ1v) is 16.7. The number of aromatic nitrogens is 1. The average Bonchev–Trinajstić information content (AvgIpc) is 3.41. The molecule has 1 aliphatic rings. The van der Waals surface area contributed by atoms with E-state index in [-0.39, 0.29) is 0 Å². The van der Waals surface area contributed by atoms with E-state index in [1.165, 1.54) is 77.6 Å². The molecule has 47 heavy (non-hydrogen) atoms. The van der Waals surface area contributed by atoms with Gasteiger partial charge in [0.25, 0.3) is 0 Å². The SMILES string of the molecule is CC1c2ccc(-c3ccc4c(c3)c3ccccc3n4-c3cccc(-c4ccccc4)c3)cc2-c2ccccc2CC1c1ccccc1. The second-order valence-electron chi connectivity index (χ2n) is 13.0. The predicted octanol–water partition coefficient (Wildman–Crippen LogP) is 12.2.